The van der Waals surface area contributed by atoms with E-state index >= 15 is 0 Å². The molecule has 0 spiro atoms. The SMILES string of the molecule is C[C@]12CCN(CC(N)=O)[C@H]1CCCCC(=O)N2Cc1cccc(C(F)(F)F)c1. The van der Waals surface area contributed by atoms with Crippen LogP contribution in [0, 0.1) is 0 Å². The Balaban J connectivity index is 1.91. The van der Waals surface area contributed by atoms with Crippen LogP contribution in [0.25, 0.3) is 0 Å². The molecule has 0 unspecified atom stereocenters. The molecule has 2 saturated heterocycles. The van der Waals surface area contributed by atoms with E-state index in [1.807, 2.05) is 11.8 Å². The van der Waals surface area contributed by atoms with E-state index < -0.39 is 23.2 Å². The van der Waals surface area contributed by atoms with Crippen LogP contribution in [0.5, 0.6) is 0 Å². The highest BCUT2D eigenvalue weighted by molar-refractivity contribution is 5.78. The molecule has 0 saturated carbocycles. The number of alkyl halides is 3. The summed E-state index contributed by atoms with van der Waals surface area (Å²) in [5.74, 6) is -0.465. The minimum Gasteiger partial charge on any atom is -0.369 e. The van der Waals surface area contributed by atoms with Gasteiger partial charge in [-0.2, -0.15) is 13.2 Å². The molecule has 0 bridgehead atoms. The van der Waals surface area contributed by atoms with Gasteiger partial charge in [-0.3, -0.25) is 14.5 Å². The number of primary amides is 1. The van der Waals surface area contributed by atoms with E-state index in [-0.39, 0.29) is 25.0 Å². The van der Waals surface area contributed by atoms with Crippen LogP contribution in [0.2, 0.25) is 0 Å². The minimum absolute atomic E-state index is 0.0324. The smallest absolute Gasteiger partial charge is 0.369 e. The number of hydrogen-bond donors (Lipinski definition) is 1. The largest absolute Gasteiger partial charge is 0.416 e. The van der Waals surface area contributed by atoms with Gasteiger partial charge in [0.2, 0.25) is 11.8 Å². The van der Waals surface area contributed by atoms with Crippen LogP contribution in [-0.4, -0.2) is 46.3 Å². The second-order valence-electron chi connectivity index (χ2n) is 7.98. The van der Waals surface area contributed by atoms with E-state index in [1.165, 1.54) is 6.07 Å². The summed E-state index contributed by atoms with van der Waals surface area (Å²) >= 11 is 0. The average Bonchev–Trinajstić information content (AvgIpc) is 2.90. The third-order valence-electron chi connectivity index (χ3n) is 6.05. The summed E-state index contributed by atoms with van der Waals surface area (Å²) in [5.41, 5.74) is 4.58. The number of likely N-dealkylation sites (tertiary alicyclic amines) is 2. The second-order valence-corrected chi connectivity index (χ2v) is 7.98. The van der Waals surface area contributed by atoms with Crippen LogP contribution in [0.15, 0.2) is 24.3 Å². The summed E-state index contributed by atoms with van der Waals surface area (Å²) in [6.45, 7) is 2.87. The average molecular weight is 397 g/mol. The van der Waals surface area contributed by atoms with Crippen LogP contribution < -0.4 is 5.73 Å². The molecule has 0 aliphatic carbocycles. The van der Waals surface area contributed by atoms with Crippen molar-refractivity contribution in [3.63, 3.8) is 0 Å². The Morgan fingerprint density at radius 3 is 2.75 bits per heavy atom. The molecule has 3 rings (SSSR count). The first-order chi connectivity index (χ1) is 13.1. The number of fused-ring (bicyclic) bond motifs is 1. The fourth-order valence-electron chi connectivity index (χ4n) is 4.61. The van der Waals surface area contributed by atoms with Gasteiger partial charge in [0.25, 0.3) is 0 Å². The van der Waals surface area contributed by atoms with Crippen molar-refractivity contribution >= 4 is 11.8 Å². The summed E-state index contributed by atoms with van der Waals surface area (Å²) in [7, 11) is 0. The van der Waals surface area contributed by atoms with Gasteiger partial charge in [0.05, 0.1) is 17.6 Å². The van der Waals surface area contributed by atoms with Crippen molar-refractivity contribution < 1.29 is 22.8 Å². The standard InChI is InChI=1S/C20H26F3N3O2/c1-19-9-10-25(13-17(24)27)16(19)7-2-3-8-18(28)26(19)12-14-5-4-6-15(11-14)20(21,22)23/h4-6,11,16H,2-3,7-10,12-13H2,1H3,(H2,24,27)/t16-,19-/m0/s1. The topological polar surface area (TPSA) is 66.6 Å². The molecule has 1 aromatic rings. The Hall–Kier alpha value is -2.09. The zero-order valence-corrected chi connectivity index (χ0v) is 16.0. The number of amides is 2. The molecule has 2 amide bonds. The Bertz CT molecular complexity index is 752. The molecule has 2 fully saturated rings. The van der Waals surface area contributed by atoms with Gasteiger partial charge in [-0.15, -0.1) is 0 Å². The van der Waals surface area contributed by atoms with E-state index in [0.717, 1.165) is 31.4 Å². The van der Waals surface area contributed by atoms with Crippen molar-refractivity contribution in [2.24, 2.45) is 5.73 Å². The quantitative estimate of drug-likeness (QED) is 0.850. The number of hydrogen-bond acceptors (Lipinski definition) is 3. The number of halogens is 3. The number of carbonyl (C=O) groups excluding carboxylic acids is 2. The van der Waals surface area contributed by atoms with Gasteiger partial charge < -0.3 is 10.6 Å². The van der Waals surface area contributed by atoms with Crippen molar-refractivity contribution in [3.8, 4) is 0 Å². The van der Waals surface area contributed by atoms with E-state index in [4.69, 9.17) is 5.73 Å². The zero-order chi connectivity index (χ0) is 20.5. The molecule has 2 heterocycles. The number of carbonyl (C=O) groups is 2. The van der Waals surface area contributed by atoms with Gasteiger partial charge in [-0.25, -0.2) is 0 Å². The molecule has 1 aromatic carbocycles. The molecule has 2 aliphatic rings. The summed E-state index contributed by atoms with van der Waals surface area (Å²) < 4.78 is 39.2. The molecule has 5 nitrogen and oxygen atoms in total. The maximum atomic E-state index is 13.1. The van der Waals surface area contributed by atoms with Crippen molar-refractivity contribution in [2.45, 2.75) is 63.3 Å². The van der Waals surface area contributed by atoms with Crippen LogP contribution in [0.1, 0.15) is 50.2 Å². The van der Waals surface area contributed by atoms with Crippen molar-refractivity contribution in [1.29, 1.82) is 0 Å². The number of benzene rings is 1. The molecule has 154 valence electrons. The molecule has 8 heteroatoms. The number of rotatable bonds is 4. The molecular formula is C20H26F3N3O2. The molecule has 0 aromatic heterocycles. The normalized spacial score (nSPS) is 26.6. The highest BCUT2D eigenvalue weighted by Crippen LogP contribution is 2.40. The van der Waals surface area contributed by atoms with E-state index in [2.05, 4.69) is 0 Å². The van der Waals surface area contributed by atoms with Gasteiger partial charge in [-0.05, 0) is 43.9 Å². The zero-order valence-electron chi connectivity index (χ0n) is 16.0. The monoisotopic (exact) mass is 397 g/mol. The van der Waals surface area contributed by atoms with Crippen LogP contribution in [0.3, 0.4) is 0 Å². The van der Waals surface area contributed by atoms with Crippen molar-refractivity contribution in [3.05, 3.63) is 35.4 Å². The van der Waals surface area contributed by atoms with Gasteiger partial charge >= 0.3 is 6.18 Å². The highest BCUT2D eigenvalue weighted by Gasteiger charge is 2.49. The molecule has 2 N–H and O–H groups in total. The van der Waals surface area contributed by atoms with E-state index in [0.29, 0.717) is 24.9 Å². The Labute approximate surface area is 162 Å². The lowest BCUT2D eigenvalue weighted by Gasteiger charge is -2.45. The minimum atomic E-state index is -4.42. The Morgan fingerprint density at radius 1 is 1.32 bits per heavy atom. The van der Waals surface area contributed by atoms with Crippen LogP contribution >= 0.6 is 0 Å². The van der Waals surface area contributed by atoms with Crippen LogP contribution in [-0.2, 0) is 22.3 Å². The Morgan fingerprint density at radius 2 is 2.07 bits per heavy atom. The molecule has 28 heavy (non-hydrogen) atoms. The predicted molar refractivity (Wildman–Crippen MR) is 98.0 cm³/mol. The summed E-state index contributed by atoms with van der Waals surface area (Å²) in [4.78, 5) is 28.1. The maximum Gasteiger partial charge on any atom is 0.416 e. The lowest BCUT2D eigenvalue weighted by Crippen LogP contribution is -2.58. The van der Waals surface area contributed by atoms with E-state index in [9.17, 15) is 22.8 Å². The molecule has 2 atom stereocenters. The third-order valence-corrected chi connectivity index (χ3v) is 6.05. The van der Waals surface area contributed by atoms with Crippen molar-refractivity contribution in [2.75, 3.05) is 13.1 Å². The third kappa shape index (κ3) is 4.16. The Kier molecular flexibility index (Phi) is 5.70. The second kappa shape index (κ2) is 7.73. The molecule has 2 aliphatic heterocycles. The van der Waals surface area contributed by atoms with Crippen molar-refractivity contribution in [1.82, 2.24) is 9.80 Å². The summed E-state index contributed by atoms with van der Waals surface area (Å²) in [5, 5.41) is 0. The number of nitrogens with zero attached hydrogens (tertiary/aromatic N) is 2. The first-order valence-electron chi connectivity index (χ1n) is 9.60. The van der Waals surface area contributed by atoms with Gasteiger partial charge in [-0.1, -0.05) is 18.6 Å². The maximum absolute atomic E-state index is 13.1. The van der Waals surface area contributed by atoms with Crippen LogP contribution in [0.4, 0.5) is 13.2 Å². The van der Waals surface area contributed by atoms with Gasteiger partial charge in [0.1, 0.15) is 0 Å². The fourth-order valence-corrected chi connectivity index (χ4v) is 4.61. The highest BCUT2D eigenvalue weighted by atomic mass is 19.4. The number of nitrogens with two attached hydrogens (primary N) is 1. The fraction of sp³-hybridized carbons (Fsp3) is 0.600. The molecular weight excluding hydrogens is 371 g/mol. The molecule has 0 radical (unpaired) electrons. The lowest BCUT2D eigenvalue weighted by molar-refractivity contribution is -0.140. The first kappa shape index (κ1) is 20.6. The summed E-state index contributed by atoms with van der Waals surface area (Å²) in [6, 6.07) is 5.11. The van der Waals surface area contributed by atoms with Gasteiger partial charge in [0.15, 0.2) is 0 Å². The lowest BCUT2D eigenvalue weighted by atomic mass is 9.84. The van der Waals surface area contributed by atoms with E-state index in [1.54, 1.807) is 11.0 Å². The summed E-state index contributed by atoms with van der Waals surface area (Å²) in [6.07, 6.45) is -0.940. The first-order valence-corrected chi connectivity index (χ1v) is 9.60. The predicted octanol–water partition coefficient (Wildman–Crippen LogP) is 2.93. The van der Waals surface area contributed by atoms with Gasteiger partial charge in [0, 0.05) is 25.6 Å².